The molecule has 2 N–H and O–H groups in total. The third-order valence-corrected chi connectivity index (χ3v) is 6.89. The van der Waals surface area contributed by atoms with E-state index < -0.39 is 5.60 Å². The lowest BCUT2D eigenvalue weighted by Gasteiger charge is -2.60. The number of carbonyl (C=O) groups is 1. The Morgan fingerprint density at radius 3 is 2.64 bits per heavy atom. The van der Waals surface area contributed by atoms with E-state index in [1.807, 2.05) is 18.2 Å². The predicted octanol–water partition coefficient (Wildman–Crippen LogP) is 3.82. The van der Waals surface area contributed by atoms with Gasteiger partial charge in [-0.3, -0.25) is 4.79 Å². The molecule has 28 heavy (non-hydrogen) atoms. The summed E-state index contributed by atoms with van der Waals surface area (Å²) in [4.78, 5) is 12.8. The monoisotopic (exact) mass is 387 g/mol. The first kappa shape index (κ1) is 19.6. The highest BCUT2D eigenvalue weighted by Crippen LogP contribution is 2.62. The smallest absolute Gasteiger partial charge is 0.220 e. The van der Waals surface area contributed by atoms with E-state index in [4.69, 9.17) is 9.47 Å². The molecular formula is C23H33NO4. The van der Waals surface area contributed by atoms with Crippen molar-refractivity contribution in [2.45, 2.75) is 70.4 Å². The molecule has 4 aliphatic rings. The molecular weight excluding hydrogens is 354 g/mol. The molecule has 154 valence electrons. The van der Waals surface area contributed by atoms with Gasteiger partial charge in [0.2, 0.25) is 5.91 Å². The van der Waals surface area contributed by atoms with Crippen molar-refractivity contribution in [2.24, 2.45) is 17.3 Å². The summed E-state index contributed by atoms with van der Waals surface area (Å²) in [6.07, 6.45) is 7.56. The second-order valence-electron chi connectivity index (χ2n) is 9.44. The van der Waals surface area contributed by atoms with Gasteiger partial charge in [0, 0.05) is 18.5 Å². The normalized spacial score (nSPS) is 33.0. The molecule has 5 heteroatoms. The minimum Gasteiger partial charge on any atom is -0.493 e. The molecule has 0 radical (unpaired) electrons. The van der Waals surface area contributed by atoms with Gasteiger partial charge < -0.3 is 19.9 Å². The van der Waals surface area contributed by atoms with Gasteiger partial charge in [-0.1, -0.05) is 19.1 Å². The summed E-state index contributed by atoms with van der Waals surface area (Å²) in [6.45, 7) is 3.12. The van der Waals surface area contributed by atoms with Crippen LogP contribution in [0.4, 0.5) is 0 Å². The second-order valence-corrected chi connectivity index (χ2v) is 9.44. The van der Waals surface area contributed by atoms with Gasteiger partial charge in [-0.2, -0.15) is 0 Å². The Morgan fingerprint density at radius 2 is 2.00 bits per heavy atom. The highest BCUT2D eigenvalue weighted by molar-refractivity contribution is 5.77. The van der Waals surface area contributed by atoms with E-state index in [1.54, 1.807) is 7.11 Å². The van der Waals surface area contributed by atoms with Crippen LogP contribution in [0.15, 0.2) is 18.2 Å². The van der Waals surface area contributed by atoms with Crippen LogP contribution in [0, 0.1) is 17.3 Å². The molecule has 4 fully saturated rings. The lowest BCUT2D eigenvalue weighted by Crippen LogP contribution is -2.56. The van der Waals surface area contributed by atoms with Gasteiger partial charge in [0.1, 0.15) is 0 Å². The fourth-order valence-corrected chi connectivity index (χ4v) is 6.43. The number of amides is 1. The molecule has 0 heterocycles. The van der Waals surface area contributed by atoms with E-state index in [1.165, 1.54) is 6.42 Å². The first-order chi connectivity index (χ1) is 13.4. The predicted molar refractivity (Wildman–Crippen MR) is 107 cm³/mol. The maximum atomic E-state index is 12.8. The lowest BCUT2D eigenvalue weighted by molar-refractivity contribution is -0.169. The molecule has 1 amide bonds. The molecule has 0 spiro atoms. The summed E-state index contributed by atoms with van der Waals surface area (Å²) in [5, 5.41) is 14.0. The number of ether oxygens (including phenoxy) is 2. The van der Waals surface area contributed by atoms with Crippen LogP contribution >= 0.6 is 0 Å². The van der Waals surface area contributed by atoms with Crippen molar-refractivity contribution in [3.05, 3.63) is 23.8 Å². The van der Waals surface area contributed by atoms with Crippen molar-refractivity contribution in [1.29, 1.82) is 0 Å². The number of para-hydroxylation sites is 1. The average molecular weight is 388 g/mol. The van der Waals surface area contributed by atoms with Crippen molar-refractivity contribution in [1.82, 2.24) is 5.32 Å². The van der Waals surface area contributed by atoms with Crippen molar-refractivity contribution in [3.8, 4) is 11.5 Å². The van der Waals surface area contributed by atoms with Gasteiger partial charge in [-0.05, 0) is 68.3 Å². The maximum absolute atomic E-state index is 12.8. The summed E-state index contributed by atoms with van der Waals surface area (Å²) in [6, 6.07) is 5.78. The fourth-order valence-electron chi connectivity index (χ4n) is 6.43. The van der Waals surface area contributed by atoms with Crippen LogP contribution < -0.4 is 14.8 Å². The summed E-state index contributed by atoms with van der Waals surface area (Å²) < 4.78 is 11.3. The quantitative estimate of drug-likeness (QED) is 0.712. The van der Waals surface area contributed by atoms with E-state index in [9.17, 15) is 9.90 Å². The van der Waals surface area contributed by atoms with Crippen LogP contribution in [0.1, 0.15) is 63.9 Å². The highest BCUT2D eigenvalue weighted by Gasteiger charge is 2.57. The van der Waals surface area contributed by atoms with Crippen molar-refractivity contribution in [3.63, 3.8) is 0 Å². The molecule has 0 unspecified atom stereocenters. The Morgan fingerprint density at radius 1 is 1.25 bits per heavy atom. The van der Waals surface area contributed by atoms with Crippen LogP contribution in [0.25, 0.3) is 0 Å². The van der Waals surface area contributed by atoms with Gasteiger partial charge in [-0.15, -0.1) is 0 Å². The number of benzene rings is 1. The SMILES string of the molecule is CCCOc1c(CNC(=O)CC23C[C@H]4C[C@@H](CC(O)(C4)C2)C3)cccc1OC. The molecule has 0 aliphatic heterocycles. The van der Waals surface area contributed by atoms with E-state index in [0.29, 0.717) is 37.2 Å². The Hall–Kier alpha value is -1.75. The van der Waals surface area contributed by atoms with Crippen LogP contribution in [0.5, 0.6) is 11.5 Å². The molecule has 4 aliphatic carbocycles. The molecule has 0 saturated heterocycles. The summed E-state index contributed by atoms with van der Waals surface area (Å²) in [7, 11) is 1.63. The molecule has 4 bridgehead atoms. The summed E-state index contributed by atoms with van der Waals surface area (Å²) in [5.41, 5.74) is 0.419. The number of hydrogen-bond donors (Lipinski definition) is 2. The van der Waals surface area contributed by atoms with Gasteiger partial charge >= 0.3 is 0 Å². The van der Waals surface area contributed by atoms with Gasteiger partial charge in [0.05, 0.1) is 19.3 Å². The van der Waals surface area contributed by atoms with Gasteiger partial charge in [0.15, 0.2) is 11.5 Å². The number of hydrogen-bond acceptors (Lipinski definition) is 4. The fraction of sp³-hybridized carbons (Fsp3) is 0.696. The highest BCUT2D eigenvalue weighted by atomic mass is 16.5. The Kier molecular flexibility index (Phi) is 5.30. The summed E-state index contributed by atoms with van der Waals surface area (Å²) >= 11 is 0. The third-order valence-electron chi connectivity index (χ3n) is 6.89. The van der Waals surface area contributed by atoms with Crippen LogP contribution in [-0.4, -0.2) is 30.3 Å². The van der Waals surface area contributed by atoms with Gasteiger partial charge in [0.25, 0.3) is 0 Å². The van der Waals surface area contributed by atoms with E-state index in [0.717, 1.165) is 49.8 Å². The third kappa shape index (κ3) is 3.86. The summed E-state index contributed by atoms with van der Waals surface area (Å²) in [5.74, 6) is 2.70. The number of carbonyl (C=O) groups excluding carboxylic acids is 1. The molecule has 2 atom stereocenters. The minimum atomic E-state index is -0.516. The average Bonchev–Trinajstić information content (AvgIpc) is 2.62. The standard InChI is InChI=1S/C23H33NO4/c1-3-7-28-21-18(5-4-6-19(21)27-2)14-24-20(25)13-22-9-16-8-17(10-22)12-23(26,11-16)15-22/h4-6,16-17,26H,3,7-15H2,1-2H3,(H,24,25)/t16-,17-,22?,23?/m1/s1. The molecule has 1 aromatic carbocycles. The van der Waals surface area contributed by atoms with E-state index in [-0.39, 0.29) is 11.3 Å². The molecule has 1 aromatic rings. The van der Waals surface area contributed by atoms with Crippen LogP contribution in [0.2, 0.25) is 0 Å². The lowest BCUT2D eigenvalue weighted by atomic mass is 9.47. The zero-order chi connectivity index (χ0) is 19.8. The Labute approximate surface area is 167 Å². The number of rotatable bonds is 8. The molecule has 5 rings (SSSR count). The number of methoxy groups -OCH3 is 1. The van der Waals surface area contributed by atoms with Crippen LogP contribution in [-0.2, 0) is 11.3 Å². The molecule has 0 aromatic heterocycles. The second kappa shape index (κ2) is 7.58. The zero-order valence-electron chi connectivity index (χ0n) is 17.1. The molecule has 5 nitrogen and oxygen atoms in total. The first-order valence-corrected chi connectivity index (χ1v) is 10.7. The first-order valence-electron chi connectivity index (χ1n) is 10.7. The largest absolute Gasteiger partial charge is 0.493 e. The van der Waals surface area contributed by atoms with Crippen molar-refractivity contribution < 1.29 is 19.4 Å². The van der Waals surface area contributed by atoms with Crippen LogP contribution in [0.3, 0.4) is 0 Å². The molecule has 4 saturated carbocycles. The Bertz CT molecular complexity index is 717. The maximum Gasteiger partial charge on any atom is 0.220 e. The van der Waals surface area contributed by atoms with Crippen molar-refractivity contribution in [2.75, 3.05) is 13.7 Å². The van der Waals surface area contributed by atoms with Gasteiger partial charge in [-0.25, -0.2) is 0 Å². The topological polar surface area (TPSA) is 67.8 Å². The minimum absolute atomic E-state index is 0.00116. The zero-order valence-corrected chi connectivity index (χ0v) is 17.1. The number of aliphatic hydroxyl groups is 1. The van der Waals surface area contributed by atoms with E-state index >= 15 is 0 Å². The van der Waals surface area contributed by atoms with E-state index in [2.05, 4.69) is 12.2 Å². The van der Waals surface area contributed by atoms with Crippen molar-refractivity contribution >= 4 is 5.91 Å². The number of nitrogens with one attached hydrogen (secondary N) is 1. The Balaban J connectivity index is 1.40.